The largest absolute Gasteiger partial charge is 0.309 e. The quantitative estimate of drug-likeness (QED) is 0.748. The fraction of sp³-hybridized carbons (Fsp3) is 0.500. The lowest BCUT2D eigenvalue weighted by Crippen LogP contribution is -2.21. The van der Waals surface area contributed by atoms with Gasteiger partial charge in [-0.1, -0.05) is 24.3 Å². The Morgan fingerprint density at radius 1 is 1.36 bits per heavy atom. The molecule has 0 unspecified atom stereocenters. The van der Waals surface area contributed by atoms with Crippen molar-refractivity contribution in [2.45, 2.75) is 19.9 Å². The van der Waals surface area contributed by atoms with E-state index in [2.05, 4.69) is 49.7 Å². The number of hydrogen-bond donors (Lipinski definition) is 1. The maximum Gasteiger partial charge on any atom is 0.0294 e. The van der Waals surface area contributed by atoms with E-state index < -0.39 is 0 Å². The number of aryl methyl sites for hydroxylation is 1. The van der Waals surface area contributed by atoms with E-state index in [-0.39, 0.29) is 0 Å². The van der Waals surface area contributed by atoms with Crippen molar-refractivity contribution in [1.29, 1.82) is 0 Å². The third kappa shape index (κ3) is 3.35. The molecule has 14 heavy (non-hydrogen) atoms. The molecule has 1 aromatic rings. The average Bonchev–Trinajstić information content (AvgIpc) is 2.18. The molecule has 0 aliphatic rings. The molecule has 0 heterocycles. The zero-order chi connectivity index (χ0) is 10.4. The Morgan fingerprint density at radius 3 is 2.71 bits per heavy atom. The maximum atomic E-state index is 3.52. The minimum atomic E-state index is 0.461. The van der Waals surface area contributed by atoms with Gasteiger partial charge in [-0.25, -0.2) is 0 Å². The van der Waals surface area contributed by atoms with Gasteiger partial charge in [0.2, 0.25) is 0 Å². The minimum Gasteiger partial charge on any atom is -0.309 e. The predicted molar refractivity (Wildman–Crippen MR) is 66.0 cm³/mol. The molecule has 1 rings (SSSR count). The smallest absolute Gasteiger partial charge is 0.0294 e. The summed E-state index contributed by atoms with van der Waals surface area (Å²) in [7, 11) is 0. The van der Waals surface area contributed by atoms with Crippen LogP contribution in [0.4, 0.5) is 0 Å². The van der Waals surface area contributed by atoms with Gasteiger partial charge in [-0.15, -0.1) is 0 Å². The van der Waals surface area contributed by atoms with Gasteiger partial charge in [0.05, 0.1) is 0 Å². The Balaban J connectivity index is 2.51. The number of rotatable bonds is 5. The topological polar surface area (TPSA) is 12.0 Å². The molecular formula is C12H19NS. The van der Waals surface area contributed by atoms with Crippen LogP contribution in [-0.2, 0) is 0 Å². The van der Waals surface area contributed by atoms with Crippen molar-refractivity contribution >= 4 is 11.8 Å². The first-order valence-corrected chi connectivity index (χ1v) is 6.43. The van der Waals surface area contributed by atoms with Crippen LogP contribution < -0.4 is 5.32 Å². The molecule has 0 bridgehead atoms. The molecule has 0 saturated heterocycles. The summed E-state index contributed by atoms with van der Waals surface area (Å²) in [6.45, 7) is 5.47. The summed E-state index contributed by atoms with van der Waals surface area (Å²) < 4.78 is 0. The third-order valence-corrected chi connectivity index (χ3v) is 3.02. The Morgan fingerprint density at radius 2 is 2.07 bits per heavy atom. The van der Waals surface area contributed by atoms with E-state index in [4.69, 9.17) is 0 Å². The summed E-state index contributed by atoms with van der Waals surface area (Å²) in [5, 5.41) is 3.52. The zero-order valence-electron chi connectivity index (χ0n) is 9.21. The summed E-state index contributed by atoms with van der Waals surface area (Å²) in [5.41, 5.74) is 2.78. The molecular weight excluding hydrogens is 190 g/mol. The molecule has 0 saturated carbocycles. The van der Waals surface area contributed by atoms with Crippen LogP contribution in [-0.4, -0.2) is 18.6 Å². The summed E-state index contributed by atoms with van der Waals surface area (Å²) in [4.78, 5) is 0. The van der Waals surface area contributed by atoms with Crippen molar-refractivity contribution in [1.82, 2.24) is 5.32 Å². The van der Waals surface area contributed by atoms with Gasteiger partial charge in [-0.05, 0) is 31.2 Å². The highest BCUT2D eigenvalue weighted by Crippen LogP contribution is 2.16. The Labute approximate surface area is 91.3 Å². The highest BCUT2D eigenvalue weighted by atomic mass is 32.2. The van der Waals surface area contributed by atoms with Crippen LogP contribution in [0.15, 0.2) is 24.3 Å². The SMILES string of the molecule is CSCCN[C@H](C)c1ccccc1C. The van der Waals surface area contributed by atoms with Gasteiger partial charge in [-0.3, -0.25) is 0 Å². The van der Waals surface area contributed by atoms with Crippen LogP contribution in [0.25, 0.3) is 0 Å². The Kier molecular flexibility index (Phi) is 5.05. The third-order valence-electron chi connectivity index (χ3n) is 2.41. The van der Waals surface area contributed by atoms with Gasteiger partial charge in [-0.2, -0.15) is 11.8 Å². The van der Waals surface area contributed by atoms with Crippen molar-refractivity contribution in [3.63, 3.8) is 0 Å². The molecule has 1 aromatic carbocycles. The van der Waals surface area contributed by atoms with Crippen LogP contribution in [0.5, 0.6) is 0 Å². The van der Waals surface area contributed by atoms with E-state index in [0.717, 1.165) is 6.54 Å². The molecule has 0 radical (unpaired) electrons. The standard InChI is InChI=1S/C12H19NS/c1-10-6-4-5-7-12(10)11(2)13-8-9-14-3/h4-7,11,13H,8-9H2,1-3H3/t11-/m1/s1. The summed E-state index contributed by atoms with van der Waals surface area (Å²) >= 11 is 1.88. The summed E-state index contributed by atoms with van der Waals surface area (Å²) in [6.07, 6.45) is 2.14. The monoisotopic (exact) mass is 209 g/mol. The molecule has 1 atom stereocenters. The van der Waals surface area contributed by atoms with E-state index in [9.17, 15) is 0 Å². The van der Waals surface area contributed by atoms with E-state index in [1.807, 2.05) is 11.8 Å². The van der Waals surface area contributed by atoms with Crippen molar-refractivity contribution < 1.29 is 0 Å². The second kappa shape index (κ2) is 6.10. The van der Waals surface area contributed by atoms with Crippen LogP contribution in [0.1, 0.15) is 24.1 Å². The van der Waals surface area contributed by atoms with Crippen LogP contribution in [0.2, 0.25) is 0 Å². The molecule has 2 heteroatoms. The molecule has 0 aliphatic heterocycles. The molecule has 0 amide bonds. The lowest BCUT2D eigenvalue weighted by Gasteiger charge is -2.15. The van der Waals surface area contributed by atoms with E-state index >= 15 is 0 Å². The average molecular weight is 209 g/mol. The molecule has 1 nitrogen and oxygen atoms in total. The van der Waals surface area contributed by atoms with Crippen LogP contribution in [0.3, 0.4) is 0 Å². The number of nitrogens with one attached hydrogen (secondary N) is 1. The van der Waals surface area contributed by atoms with Crippen molar-refractivity contribution in [2.24, 2.45) is 0 Å². The molecule has 0 spiro atoms. The Hall–Kier alpha value is -0.470. The van der Waals surface area contributed by atoms with Gasteiger partial charge >= 0.3 is 0 Å². The van der Waals surface area contributed by atoms with E-state index in [1.165, 1.54) is 16.9 Å². The normalized spacial score (nSPS) is 12.8. The van der Waals surface area contributed by atoms with Gasteiger partial charge in [0, 0.05) is 18.3 Å². The number of thioether (sulfide) groups is 1. The predicted octanol–water partition coefficient (Wildman–Crippen LogP) is 3.01. The first-order chi connectivity index (χ1) is 6.75. The number of hydrogen-bond acceptors (Lipinski definition) is 2. The molecule has 0 aromatic heterocycles. The van der Waals surface area contributed by atoms with E-state index in [1.54, 1.807) is 0 Å². The second-order valence-corrected chi connectivity index (χ2v) is 4.51. The van der Waals surface area contributed by atoms with Crippen molar-refractivity contribution in [3.05, 3.63) is 35.4 Å². The fourth-order valence-corrected chi connectivity index (χ4v) is 1.88. The second-order valence-electron chi connectivity index (χ2n) is 3.53. The lowest BCUT2D eigenvalue weighted by molar-refractivity contribution is 0.598. The Bertz CT molecular complexity index is 273. The molecule has 0 fully saturated rings. The van der Waals surface area contributed by atoms with Crippen LogP contribution >= 0.6 is 11.8 Å². The van der Waals surface area contributed by atoms with Gasteiger partial charge < -0.3 is 5.32 Å². The highest BCUT2D eigenvalue weighted by Gasteiger charge is 2.05. The van der Waals surface area contributed by atoms with Crippen LogP contribution in [0, 0.1) is 6.92 Å². The molecule has 1 N–H and O–H groups in total. The minimum absolute atomic E-state index is 0.461. The first kappa shape index (κ1) is 11.6. The molecule has 0 aliphatic carbocycles. The zero-order valence-corrected chi connectivity index (χ0v) is 10.0. The van der Waals surface area contributed by atoms with Gasteiger partial charge in [0.1, 0.15) is 0 Å². The number of benzene rings is 1. The summed E-state index contributed by atoms with van der Waals surface area (Å²) in [6, 6.07) is 9.03. The fourth-order valence-electron chi connectivity index (χ4n) is 1.56. The maximum absolute atomic E-state index is 3.52. The lowest BCUT2D eigenvalue weighted by atomic mass is 10.0. The van der Waals surface area contributed by atoms with E-state index in [0.29, 0.717) is 6.04 Å². The first-order valence-electron chi connectivity index (χ1n) is 5.03. The van der Waals surface area contributed by atoms with Crippen molar-refractivity contribution in [3.8, 4) is 0 Å². The molecule has 78 valence electrons. The highest BCUT2D eigenvalue weighted by molar-refractivity contribution is 7.98. The van der Waals surface area contributed by atoms with Gasteiger partial charge in [0.25, 0.3) is 0 Å². The van der Waals surface area contributed by atoms with Gasteiger partial charge in [0.15, 0.2) is 0 Å². The summed E-state index contributed by atoms with van der Waals surface area (Å²) in [5.74, 6) is 1.18. The van der Waals surface area contributed by atoms with Crippen molar-refractivity contribution in [2.75, 3.05) is 18.6 Å².